The van der Waals surface area contributed by atoms with E-state index in [9.17, 15) is 0 Å². The number of likely N-dealkylation sites (tertiary alicyclic amines) is 1. The number of hydrogen-bond acceptors (Lipinski definition) is 4. The molecule has 156 valence electrons. The van der Waals surface area contributed by atoms with Crippen molar-refractivity contribution in [1.82, 2.24) is 15.2 Å². The van der Waals surface area contributed by atoms with Gasteiger partial charge in [0.1, 0.15) is 5.82 Å². The largest absolute Gasteiger partial charge is 0.384 e. The van der Waals surface area contributed by atoms with Crippen LogP contribution in [0.3, 0.4) is 0 Å². The lowest BCUT2D eigenvalue weighted by atomic mass is 9.97. The van der Waals surface area contributed by atoms with Crippen molar-refractivity contribution in [3.8, 4) is 0 Å². The highest BCUT2D eigenvalue weighted by atomic mass is 15.2. The van der Waals surface area contributed by atoms with Crippen LogP contribution in [0.5, 0.6) is 0 Å². The van der Waals surface area contributed by atoms with E-state index in [2.05, 4.69) is 81.9 Å². The zero-order valence-electron chi connectivity index (χ0n) is 17.6. The van der Waals surface area contributed by atoms with Gasteiger partial charge in [0.25, 0.3) is 0 Å². The Bertz CT molecular complexity index is 897. The second-order valence-corrected chi connectivity index (χ2v) is 8.35. The maximum Gasteiger partial charge on any atom is 0.123 e. The van der Waals surface area contributed by atoms with E-state index in [1.54, 1.807) is 0 Å². The first-order valence-corrected chi connectivity index (χ1v) is 11.0. The van der Waals surface area contributed by atoms with Crippen molar-refractivity contribution in [2.45, 2.75) is 31.8 Å². The molecule has 1 fully saturated rings. The van der Waals surface area contributed by atoms with Crippen molar-refractivity contribution in [3.63, 3.8) is 0 Å². The Balaban J connectivity index is 1.35. The topological polar surface area (TPSA) is 54.2 Å². The molecule has 0 bridgehead atoms. The minimum Gasteiger partial charge on any atom is -0.384 e. The maximum absolute atomic E-state index is 5.91. The van der Waals surface area contributed by atoms with Gasteiger partial charge in [-0.15, -0.1) is 0 Å². The fourth-order valence-electron chi connectivity index (χ4n) is 4.47. The predicted molar refractivity (Wildman–Crippen MR) is 124 cm³/mol. The third-order valence-corrected chi connectivity index (χ3v) is 5.96. The predicted octanol–water partition coefficient (Wildman–Crippen LogP) is 3.93. The van der Waals surface area contributed by atoms with Gasteiger partial charge in [0.15, 0.2) is 0 Å². The first kappa shape index (κ1) is 20.6. The lowest BCUT2D eigenvalue weighted by molar-refractivity contribution is 0.314. The van der Waals surface area contributed by atoms with Crippen LogP contribution in [0.15, 0.2) is 78.9 Å². The quantitative estimate of drug-likeness (QED) is 0.535. The van der Waals surface area contributed by atoms with Gasteiger partial charge in [0.05, 0.1) is 0 Å². The van der Waals surface area contributed by atoms with E-state index in [4.69, 9.17) is 5.73 Å². The Morgan fingerprint density at radius 2 is 1.60 bits per heavy atom. The molecule has 3 aromatic rings. The SMILES string of the molecule is Nc1cccc(CC2CN(Cc3ccccc3)C[C@@H]2NCCCc2ccccc2)n1. The number of pyridine rings is 1. The summed E-state index contributed by atoms with van der Waals surface area (Å²) in [5.74, 6) is 1.15. The second kappa shape index (κ2) is 10.4. The van der Waals surface area contributed by atoms with E-state index >= 15 is 0 Å². The maximum atomic E-state index is 5.91. The van der Waals surface area contributed by atoms with Crippen molar-refractivity contribution < 1.29 is 0 Å². The first-order valence-electron chi connectivity index (χ1n) is 11.0. The number of aromatic nitrogens is 1. The van der Waals surface area contributed by atoms with Gasteiger partial charge in [0.2, 0.25) is 0 Å². The van der Waals surface area contributed by atoms with Gasteiger partial charge < -0.3 is 11.1 Å². The summed E-state index contributed by atoms with van der Waals surface area (Å²) in [6.45, 7) is 4.21. The van der Waals surface area contributed by atoms with Crippen LogP contribution in [0.2, 0.25) is 0 Å². The average molecular weight is 401 g/mol. The number of nitrogen functional groups attached to an aromatic ring is 1. The van der Waals surface area contributed by atoms with E-state index < -0.39 is 0 Å². The zero-order chi connectivity index (χ0) is 20.6. The molecule has 1 saturated heterocycles. The van der Waals surface area contributed by atoms with Crippen LogP contribution in [-0.2, 0) is 19.4 Å². The monoisotopic (exact) mass is 400 g/mol. The smallest absolute Gasteiger partial charge is 0.123 e. The standard InChI is InChI=1S/C26H32N4/c27-26-15-7-14-24(29-26)17-23-19-30(18-22-11-5-2-6-12-22)20-25(23)28-16-8-13-21-9-3-1-4-10-21/h1-7,9-12,14-15,23,25,28H,8,13,16-20H2,(H2,27,29)/t23?,25-/m0/s1. The first-order chi connectivity index (χ1) is 14.8. The van der Waals surface area contributed by atoms with E-state index in [1.165, 1.54) is 11.1 Å². The second-order valence-electron chi connectivity index (χ2n) is 8.35. The molecule has 1 unspecified atom stereocenters. The average Bonchev–Trinajstić information content (AvgIpc) is 3.13. The summed E-state index contributed by atoms with van der Waals surface area (Å²) < 4.78 is 0. The highest BCUT2D eigenvalue weighted by molar-refractivity contribution is 5.29. The minimum atomic E-state index is 0.479. The summed E-state index contributed by atoms with van der Waals surface area (Å²) in [7, 11) is 0. The lowest BCUT2D eigenvalue weighted by Crippen LogP contribution is -2.38. The number of nitrogens with two attached hydrogens (primary N) is 1. The van der Waals surface area contributed by atoms with Crippen molar-refractivity contribution >= 4 is 5.82 Å². The fourth-order valence-corrected chi connectivity index (χ4v) is 4.47. The van der Waals surface area contributed by atoms with Gasteiger partial charge in [0, 0.05) is 31.4 Å². The Morgan fingerprint density at radius 3 is 2.33 bits per heavy atom. The molecule has 0 radical (unpaired) electrons. The van der Waals surface area contributed by atoms with Crippen LogP contribution >= 0.6 is 0 Å². The van der Waals surface area contributed by atoms with Crippen LogP contribution < -0.4 is 11.1 Å². The summed E-state index contributed by atoms with van der Waals surface area (Å²) in [4.78, 5) is 7.12. The summed E-state index contributed by atoms with van der Waals surface area (Å²) in [5.41, 5.74) is 9.80. The molecule has 0 amide bonds. The molecule has 2 aromatic carbocycles. The van der Waals surface area contributed by atoms with Gasteiger partial charge in [-0.05, 0) is 55.0 Å². The summed E-state index contributed by atoms with van der Waals surface area (Å²) >= 11 is 0. The third kappa shape index (κ3) is 5.91. The van der Waals surface area contributed by atoms with Crippen LogP contribution in [0.1, 0.15) is 23.2 Å². The van der Waals surface area contributed by atoms with E-state index in [1.807, 2.05) is 12.1 Å². The minimum absolute atomic E-state index is 0.479. The number of aryl methyl sites for hydroxylation is 1. The van der Waals surface area contributed by atoms with Gasteiger partial charge >= 0.3 is 0 Å². The highest BCUT2D eigenvalue weighted by Crippen LogP contribution is 2.23. The Labute approximate surface area is 180 Å². The molecule has 4 heteroatoms. The molecule has 0 aliphatic carbocycles. The van der Waals surface area contributed by atoms with Crippen molar-refractivity contribution in [2.75, 3.05) is 25.4 Å². The van der Waals surface area contributed by atoms with E-state index in [-0.39, 0.29) is 0 Å². The van der Waals surface area contributed by atoms with Gasteiger partial charge in [-0.1, -0.05) is 66.7 Å². The number of hydrogen-bond donors (Lipinski definition) is 2. The van der Waals surface area contributed by atoms with Crippen molar-refractivity contribution in [3.05, 3.63) is 95.7 Å². The molecule has 2 heterocycles. The molecule has 3 N–H and O–H groups in total. The van der Waals surface area contributed by atoms with Gasteiger partial charge in [-0.25, -0.2) is 4.98 Å². The van der Waals surface area contributed by atoms with Crippen molar-refractivity contribution in [1.29, 1.82) is 0 Å². The molecular weight excluding hydrogens is 368 g/mol. The summed E-state index contributed by atoms with van der Waals surface area (Å²) in [6, 6.07) is 28.0. The van der Waals surface area contributed by atoms with Gasteiger partial charge in [-0.2, -0.15) is 0 Å². The molecule has 1 aliphatic heterocycles. The summed E-state index contributed by atoms with van der Waals surface area (Å²) in [5, 5.41) is 3.85. The Kier molecular flexibility index (Phi) is 7.11. The van der Waals surface area contributed by atoms with Crippen LogP contribution in [0, 0.1) is 5.92 Å². The highest BCUT2D eigenvalue weighted by Gasteiger charge is 2.32. The fraction of sp³-hybridized carbons (Fsp3) is 0.346. The molecule has 0 saturated carbocycles. The Hall–Kier alpha value is -2.69. The normalized spacial score (nSPS) is 19.2. The number of benzene rings is 2. The molecule has 1 aliphatic rings. The number of nitrogens with one attached hydrogen (secondary N) is 1. The molecular formula is C26H32N4. The van der Waals surface area contributed by atoms with Crippen molar-refractivity contribution in [2.24, 2.45) is 5.92 Å². The van der Waals surface area contributed by atoms with E-state index in [0.29, 0.717) is 17.8 Å². The number of anilines is 1. The molecule has 1 aromatic heterocycles. The van der Waals surface area contributed by atoms with Crippen LogP contribution in [0.25, 0.3) is 0 Å². The van der Waals surface area contributed by atoms with Crippen LogP contribution in [-0.4, -0.2) is 35.6 Å². The molecule has 30 heavy (non-hydrogen) atoms. The van der Waals surface area contributed by atoms with E-state index in [0.717, 1.165) is 51.1 Å². The van der Waals surface area contributed by atoms with Gasteiger partial charge in [-0.3, -0.25) is 4.90 Å². The molecule has 4 rings (SSSR count). The molecule has 2 atom stereocenters. The number of nitrogens with zero attached hydrogens (tertiary/aromatic N) is 2. The van der Waals surface area contributed by atoms with Crippen LogP contribution in [0.4, 0.5) is 5.82 Å². The zero-order valence-corrected chi connectivity index (χ0v) is 17.6. The Morgan fingerprint density at radius 1 is 0.867 bits per heavy atom. The number of rotatable bonds is 9. The molecule has 4 nitrogen and oxygen atoms in total. The summed E-state index contributed by atoms with van der Waals surface area (Å²) in [6.07, 6.45) is 3.24. The third-order valence-electron chi connectivity index (χ3n) is 5.96. The lowest BCUT2D eigenvalue weighted by Gasteiger charge is -2.20. The molecule has 0 spiro atoms.